The summed E-state index contributed by atoms with van der Waals surface area (Å²) in [4.78, 5) is 0. The van der Waals surface area contributed by atoms with Crippen LogP contribution in [-0.2, 0) is 17.8 Å². The number of rotatable bonds is 8. The molecule has 4 nitrogen and oxygen atoms in total. The van der Waals surface area contributed by atoms with Crippen molar-refractivity contribution in [2.45, 2.75) is 46.3 Å². The summed E-state index contributed by atoms with van der Waals surface area (Å²) in [6.45, 7) is 10.6. The molecule has 0 bridgehead atoms. The first-order valence-electron chi connectivity index (χ1n) is 5.43. The van der Waals surface area contributed by atoms with Crippen molar-refractivity contribution in [1.29, 1.82) is 0 Å². The van der Waals surface area contributed by atoms with Crippen molar-refractivity contribution in [2.75, 3.05) is 13.2 Å². The molecule has 0 atom stereocenters. The number of hydrogen-bond donors (Lipinski definition) is 0. The van der Waals surface area contributed by atoms with E-state index in [9.17, 15) is 4.57 Å². The number of hydrogen-bond acceptors (Lipinski definition) is 4. The van der Waals surface area contributed by atoms with Crippen LogP contribution in [0.25, 0.3) is 0 Å². The molecule has 15 heavy (non-hydrogen) atoms. The summed E-state index contributed by atoms with van der Waals surface area (Å²) < 4.78 is 28.0. The molecule has 0 saturated heterocycles. The topological polar surface area (TPSA) is 44.8 Å². The third kappa shape index (κ3) is 8.17. The number of phosphoric acid groups is 1. The molecule has 0 amide bonds. The normalized spacial score (nSPS) is 13.1. The van der Waals surface area contributed by atoms with Crippen LogP contribution in [0.5, 0.6) is 0 Å². The summed E-state index contributed by atoms with van der Waals surface area (Å²) >= 11 is 0. The van der Waals surface area contributed by atoms with E-state index in [4.69, 9.17) is 13.3 Å². The van der Waals surface area contributed by atoms with Crippen molar-refractivity contribution >= 4 is 16.1 Å². The molecule has 0 spiro atoms. The van der Waals surface area contributed by atoms with Gasteiger partial charge >= 0.3 is 7.82 Å². The van der Waals surface area contributed by atoms with Crippen LogP contribution in [0.4, 0.5) is 0 Å². The van der Waals surface area contributed by atoms with Gasteiger partial charge in [0.15, 0.2) is 8.32 Å². The maximum Gasteiger partial charge on any atom is 0.464 e. The molecule has 0 saturated carbocycles. The predicted molar refractivity (Wildman–Crippen MR) is 64.5 cm³/mol. The fraction of sp³-hybridized carbons (Fsp3) is 1.00. The van der Waals surface area contributed by atoms with Crippen molar-refractivity contribution in [2.24, 2.45) is 0 Å². The zero-order valence-electron chi connectivity index (χ0n) is 10.4. The Balaban J connectivity index is 4.34. The lowest BCUT2D eigenvalue weighted by Crippen LogP contribution is -2.25. The summed E-state index contributed by atoms with van der Waals surface area (Å²) in [6, 6.07) is 0. The highest BCUT2D eigenvalue weighted by Crippen LogP contribution is 2.51. The molecule has 0 heterocycles. The molecule has 92 valence electrons. The molecule has 0 radical (unpaired) electrons. The van der Waals surface area contributed by atoms with Gasteiger partial charge in [0, 0.05) is 0 Å². The van der Waals surface area contributed by atoms with Gasteiger partial charge in [0.2, 0.25) is 0 Å². The maximum atomic E-state index is 12.1. The van der Waals surface area contributed by atoms with Crippen LogP contribution in [0, 0.1) is 0 Å². The summed E-state index contributed by atoms with van der Waals surface area (Å²) in [7, 11) is -5.22. The lowest BCUT2D eigenvalue weighted by atomic mass is 10.5. The average molecular weight is 254 g/mol. The molecule has 0 aliphatic carbocycles. The second-order valence-electron chi connectivity index (χ2n) is 4.32. The van der Waals surface area contributed by atoms with Gasteiger partial charge in [-0.1, -0.05) is 13.8 Å². The van der Waals surface area contributed by atoms with Crippen LogP contribution in [0.1, 0.15) is 26.7 Å². The molecular weight excluding hydrogens is 231 g/mol. The van der Waals surface area contributed by atoms with Gasteiger partial charge in [0.1, 0.15) is 0 Å². The molecule has 0 N–H and O–H groups in total. The molecule has 0 aromatic heterocycles. The maximum absolute atomic E-state index is 12.1. The van der Waals surface area contributed by atoms with E-state index in [1.54, 1.807) is 0 Å². The van der Waals surface area contributed by atoms with Gasteiger partial charge in [-0.05, 0) is 32.5 Å². The minimum absolute atomic E-state index is 0.408. The summed E-state index contributed by atoms with van der Waals surface area (Å²) in [5, 5.41) is 0. The van der Waals surface area contributed by atoms with Gasteiger partial charge in [0.25, 0.3) is 0 Å². The number of phosphoric ester groups is 1. The second kappa shape index (κ2) is 6.81. The van der Waals surface area contributed by atoms with E-state index in [-0.39, 0.29) is 0 Å². The quantitative estimate of drug-likeness (QED) is 0.488. The minimum atomic E-state index is -3.31. The first-order valence-corrected chi connectivity index (χ1v) is 10.3. The van der Waals surface area contributed by atoms with E-state index in [0.29, 0.717) is 13.2 Å². The fourth-order valence-corrected chi connectivity index (χ4v) is 4.82. The van der Waals surface area contributed by atoms with Gasteiger partial charge in [0.05, 0.1) is 13.2 Å². The van der Waals surface area contributed by atoms with Crippen molar-refractivity contribution in [3.8, 4) is 0 Å². The Morgan fingerprint density at radius 1 is 1.00 bits per heavy atom. The zero-order chi connectivity index (χ0) is 11.9. The predicted octanol–water partition coefficient (Wildman–Crippen LogP) is 3.80. The van der Waals surface area contributed by atoms with E-state index < -0.39 is 16.1 Å². The zero-order valence-corrected chi connectivity index (χ0v) is 12.3. The Hall–Kier alpha value is 0.327. The van der Waals surface area contributed by atoms with Crippen LogP contribution >= 0.6 is 7.82 Å². The highest BCUT2D eigenvalue weighted by atomic mass is 31.2. The summed E-state index contributed by atoms with van der Waals surface area (Å²) in [5.74, 6) is 0. The van der Waals surface area contributed by atoms with Gasteiger partial charge in [-0.25, -0.2) is 4.57 Å². The van der Waals surface area contributed by atoms with Gasteiger partial charge < -0.3 is 4.21 Å². The Morgan fingerprint density at radius 2 is 1.40 bits per heavy atom. The Kier molecular flexibility index (Phi) is 6.96. The van der Waals surface area contributed by atoms with E-state index in [1.807, 2.05) is 33.5 Å². The summed E-state index contributed by atoms with van der Waals surface area (Å²) in [6.07, 6.45) is 1.60. The van der Waals surface area contributed by atoms with Crippen LogP contribution < -0.4 is 0 Å². The first-order chi connectivity index (χ1) is 6.83. The monoisotopic (exact) mass is 254 g/mol. The van der Waals surface area contributed by atoms with Crippen molar-refractivity contribution in [1.82, 2.24) is 0 Å². The Bertz CT molecular complexity index is 203. The molecular formula is C9H23O4PSi. The van der Waals surface area contributed by atoms with Crippen LogP contribution in [-0.4, -0.2) is 21.5 Å². The first kappa shape index (κ1) is 15.3. The molecule has 6 heteroatoms. The lowest BCUT2D eigenvalue weighted by molar-refractivity contribution is 0.154. The molecule has 0 unspecified atom stereocenters. The van der Waals surface area contributed by atoms with Crippen LogP contribution in [0.3, 0.4) is 0 Å². The van der Waals surface area contributed by atoms with Gasteiger partial charge in [-0.3, -0.25) is 9.05 Å². The second-order valence-corrected chi connectivity index (χ2v) is 10.7. The standard InChI is InChI=1S/C9H23O4PSi/c1-6-8-11-14(10,12-9-7-2)13-15(3,4)5/h6-9H2,1-5H3. The average Bonchev–Trinajstić information content (AvgIpc) is 2.09. The molecule has 0 rings (SSSR count). The highest BCUT2D eigenvalue weighted by molar-refractivity contribution is 7.50. The van der Waals surface area contributed by atoms with Crippen LogP contribution in [0.2, 0.25) is 19.6 Å². The van der Waals surface area contributed by atoms with E-state index in [1.165, 1.54) is 0 Å². The van der Waals surface area contributed by atoms with Crippen molar-refractivity contribution in [3.63, 3.8) is 0 Å². The van der Waals surface area contributed by atoms with E-state index in [2.05, 4.69) is 0 Å². The molecule has 0 aliphatic heterocycles. The molecule has 0 fully saturated rings. The smallest absolute Gasteiger partial charge is 0.330 e. The van der Waals surface area contributed by atoms with E-state index >= 15 is 0 Å². The Labute approximate surface area is 94.1 Å². The minimum Gasteiger partial charge on any atom is -0.330 e. The lowest BCUT2D eigenvalue weighted by Gasteiger charge is -2.24. The Morgan fingerprint density at radius 3 is 1.67 bits per heavy atom. The van der Waals surface area contributed by atoms with Gasteiger partial charge in [-0.2, -0.15) is 0 Å². The van der Waals surface area contributed by atoms with Crippen LogP contribution in [0.15, 0.2) is 0 Å². The molecule has 0 aromatic rings. The summed E-state index contributed by atoms with van der Waals surface area (Å²) in [5.41, 5.74) is 0. The molecule has 0 aliphatic rings. The third-order valence-corrected chi connectivity index (χ3v) is 5.38. The van der Waals surface area contributed by atoms with Gasteiger partial charge in [-0.15, -0.1) is 0 Å². The highest BCUT2D eigenvalue weighted by Gasteiger charge is 2.33. The molecule has 0 aromatic carbocycles. The fourth-order valence-electron chi connectivity index (χ4n) is 0.832. The van der Waals surface area contributed by atoms with Crippen molar-refractivity contribution in [3.05, 3.63) is 0 Å². The van der Waals surface area contributed by atoms with Crippen molar-refractivity contribution < 1.29 is 17.8 Å². The largest absolute Gasteiger partial charge is 0.464 e. The third-order valence-electron chi connectivity index (χ3n) is 1.29. The van der Waals surface area contributed by atoms with E-state index in [0.717, 1.165) is 12.8 Å². The SMILES string of the molecule is CCCOP(=O)(OCCC)O[Si](C)(C)C.